The van der Waals surface area contributed by atoms with Crippen LogP contribution < -0.4 is 4.72 Å². The number of hydrogen-bond acceptors (Lipinski definition) is 3. The van der Waals surface area contributed by atoms with Crippen LogP contribution >= 0.6 is 0 Å². The molecule has 0 aromatic heterocycles. The van der Waals surface area contributed by atoms with E-state index in [2.05, 4.69) is 4.72 Å². The lowest BCUT2D eigenvalue weighted by Gasteiger charge is -2.44. The van der Waals surface area contributed by atoms with Crippen molar-refractivity contribution in [1.29, 1.82) is 0 Å². The van der Waals surface area contributed by atoms with Crippen molar-refractivity contribution in [1.82, 2.24) is 4.72 Å². The van der Waals surface area contributed by atoms with Gasteiger partial charge in [-0.2, -0.15) is 0 Å². The molecular weight excluding hydrogens is 349 g/mol. The second-order valence-corrected chi connectivity index (χ2v) is 12.1. The Balaban J connectivity index is 3.39. The third kappa shape index (κ3) is 4.24. The molecule has 1 N–H and O–H groups in total. The Morgan fingerprint density at radius 3 is 1.83 bits per heavy atom. The van der Waals surface area contributed by atoms with E-state index in [0.717, 1.165) is 0 Å². The van der Waals surface area contributed by atoms with Crippen LogP contribution in [0, 0.1) is 5.41 Å². The minimum absolute atomic E-state index is 0.0867. The summed E-state index contributed by atoms with van der Waals surface area (Å²) in [4.78, 5) is -0.0867. The number of alkyl halides is 1. The SMILES string of the molecule is CC(C)(C)[S@@](=O)N[C@@](C)([C@H](F)S(=O)(=O)c1ccccc1)C(C)(C)C. The van der Waals surface area contributed by atoms with Gasteiger partial charge in [-0.1, -0.05) is 39.0 Å². The fourth-order valence-corrected chi connectivity index (χ4v) is 4.91. The molecule has 0 amide bonds. The van der Waals surface area contributed by atoms with Crippen LogP contribution in [-0.4, -0.2) is 28.4 Å². The van der Waals surface area contributed by atoms with Crippen LogP contribution in [0.4, 0.5) is 4.39 Å². The Labute approximate surface area is 147 Å². The highest BCUT2D eigenvalue weighted by atomic mass is 32.2. The van der Waals surface area contributed by atoms with Gasteiger partial charge in [-0.25, -0.2) is 21.7 Å². The molecule has 0 heterocycles. The highest BCUT2D eigenvalue weighted by Crippen LogP contribution is 2.39. The van der Waals surface area contributed by atoms with Gasteiger partial charge in [-0.05, 0) is 45.2 Å². The Kier molecular flexibility index (Phi) is 6.06. The summed E-state index contributed by atoms with van der Waals surface area (Å²) < 4.78 is 55.5. The molecule has 3 atom stereocenters. The normalized spacial score (nSPS) is 18.7. The summed E-state index contributed by atoms with van der Waals surface area (Å²) >= 11 is 0. The van der Waals surface area contributed by atoms with E-state index in [0.29, 0.717) is 0 Å². The molecule has 0 aliphatic rings. The zero-order valence-corrected chi connectivity index (χ0v) is 17.0. The second-order valence-electron chi connectivity index (χ2n) is 8.11. The number of halogens is 1. The van der Waals surface area contributed by atoms with Crippen LogP contribution in [0.1, 0.15) is 48.5 Å². The van der Waals surface area contributed by atoms with E-state index in [1.807, 2.05) is 0 Å². The molecule has 0 bridgehead atoms. The summed E-state index contributed by atoms with van der Waals surface area (Å²) in [6.45, 7) is 11.9. The standard InChI is InChI=1S/C17H28FNO3S2/c1-15(2,3)17(7,19-23(20)16(4,5)6)14(18)24(21,22)13-11-9-8-10-12-13/h8-12,14,19H,1-7H3/t14-,17+,23-/m1/s1. The summed E-state index contributed by atoms with van der Waals surface area (Å²) in [7, 11) is -5.85. The van der Waals surface area contributed by atoms with E-state index in [-0.39, 0.29) is 4.90 Å². The van der Waals surface area contributed by atoms with E-state index in [1.165, 1.54) is 19.1 Å². The van der Waals surface area contributed by atoms with Gasteiger partial charge in [-0.15, -0.1) is 0 Å². The lowest BCUT2D eigenvalue weighted by molar-refractivity contribution is 0.121. The van der Waals surface area contributed by atoms with Crippen molar-refractivity contribution in [3.8, 4) is 0 Å². The Bertz CT molecular complexity index is 691. The molecule has 0 unspecified atom stereocenters. The summed E-state index contributed by atoms with van der Waals surface area (Å²) in [6.07, 6.45) is 0. The highest BCUT2D eigenvalue weighted by molar-refractivity contribution is 7.92. The number of nitrogens with one attached hydrogen (secondary N) is 1. The molecule has 1 rings (SSSR count). The third-order valence-electron chi connectivity index (χ3n) is 4.22. The van der Waals surface area contributed by atoms with Crippen molar-refractivity contribution in [3.63, 3.8) is 0 Å². The number of sulfone groups is 1. The fraction of sp³-hybridized carbons (Fsp3) is 0.647. The minimum Gasteiger partial charge on any atom is -0.242 e. The molecule has 0 spiro atoms. The third-order valence-corrected chi connectivity index (χ3v) is 7.88. The maximum Gasteiger partial charge on any atom is 0.224 e. The van der Waals surface area contributed by atoms with Crippen LogP contribution in [0.3, 0.4) is 0 Å². The molecule has 0 aliphatic carbocycles. The zero-order chi connectivity index (χ0) is 19.0. The quantitative estimate of drug-likeness (QED) is 0.852. The largest absolute Gasteiger partial charge is 0.242 e. The first kappa shape index (κ1) is 21.3. The Hall–Kier alpha value is -0.790. The molecule has 1 aromatic carbocycles. The van der Waals surface area contributed by atoms with Gasteiger partial charge in [0.1, 0.15) is 0 Å². The monoisotopic (exact) mass is 377 g/mol. The fourth-order valence-electron chi connectivity index (χ4n) is 1.93. The molecule has 24 heavy (non-hydrogen) atoms. The van der Waals surface area contributed by atoms with Crippen molar-refractivity contribution in [2.24, 2.45) is 5.41 Å². The topological polar surface area (TPSA) is 63.2 Å². The molecule has 138 valence electrons. The van der Waals surface area contributed by atoms with Crippen LogP contribution in [0.5, 0.6) is 0 Å². The Morgan fingerprint density at radius 1 is 1.00 bits per heavy atom. The van der Waals surface area contributed by atoms with Crippen molar-refractivity contribution in [2.75, 3.05) is 0 Å². The molecular formula is C17H28FNO3S2. The van der Waals surface area contributed by atoms with Crippen LogP contribution in [-0.2, 0) is 20.8 Å². The van der Waals surface area contributed by atoms with Gasteiger partial charge in [-0.3, -0.25) is 0 Å². The average Bonchev–Trinajstić information content (AvgIpc) is 2.44. The first-order valence-electron chi connectivity index (χ1n) is 7.77. The lowest BCUT2D eigenvalue weighted by Crippen LogP contribution is -2.63. The molecule has 1 aromatic rings. The van der Waals surface area contributed by atoms with Gasteiger partial charge < -0.3 is 0 Å². The van der Waals surface area contributed by atoms with Gasteiger partial charge in [0.05, 0.1) is 26.2 Å². The van der Waals surface area contributed by atoms with Gasteiger partial charge >= 0.3 is 0 Å². The number of hydrogen-bond donors (Lipinski definition) is 1. The van der Waals surface area contributed by atoms with Crippen LogP contribution in [0.15, 0.2) is 35.2 Å². The lowest BCUT2D eigenvalue weighted by atomic mass is 9.76. The van der Waals surface area contributed by atoms with Gasteiger partial charge in [0, 0.05) is 0 Å². The van der Waals surface area contributed by atoms with Crippen molar-refractivity contribution < 1.29 is 17.0 Å². The van der Waals surface area contributed by atoms with E-state index < -0.39 is 42.0 Å². The van der Waals surface area contributed by atoms with E-state index in [1.54, 1.807) is 59.7 Å². The average molecular weight is 378 g/mol. The molecule has 7 heteroatoms. The molecule has 0 saturated heterocycles. The van der Waals surface area contributed by atoms with Gasteiger partial charge in [0.15, 0.2) is 0 Å². The molecule has 0 aliphatic heterocycles. The first-order chi connectivity index (χ1) is 10.6. The van der Waals surface area contributed by atoms with Crippen molar-refractivity contribution >= 4 is 20.8 Å². The molecule has 0 fully saturated rings. The summed E-state index contributed by atoms with van der Waals surface area (Å²) in [5, 5.41) is 0. The summed E-state index contributed by atoms with van der Waals surface area (Å²) in [5.41, 5.74) is -4.59. The second kappa shape index (κ2) is 6.84. The smallest absolute Gasteiger partial charge is 0.224 e. The predicted octanol–water partition coefficient (Wildman–Crippen LogP) is 3.61. The molecule has 4 nitrogen and oxygen atoms in total. The van der Waals surface area contributed by atoms with Crippen LogP contribution in [0.2, 0.25) is 0 Å². The predicted molar refractivity (Wildman–Crippen MR) is 97.4 cm³/mol. The molecule has 0 saturated carbocycles. The first-order valence-corrected chi connectivity index (χ1v) is 10.5. The van der Waals surface area contributed by atoms with Crippen molar-refractivity contribution in [3.05, 3.63) is 30.3 Å². The number of benzene rings is 1. The maximum absolute atomic E-state index is 15.4. The zero-order valence-electron chi connectivity index (χ0n) is 15.4. The summed E-state index contributed by atoms with van der Waals surface area (Å²) in [5.74, 6) is 0. The number of rotatable bonds is 5. The minimum atomic E-state index is -4.23. The van der Waals surface area contributed by atoms with Gasteiger partial charge in [0.2, 0.25) is 15.3 Å². The van der Waals surface area contributed by atoms with E-state index >= 15 is 4.39 Å². The summed E-state index contributed by atoms with van der Waals surface area (Å²) in [6, 6.07) is 7.50. The van der Waals surface area contributed by atoms with E-state index in [9.17, 15) is 12.6 Å². The maximum atomic E-state index is 15.4. The van der Waals surface area contributed by atoms with Crippen molar-refractivity contribution in [2.45, 2.75) is 69.2 Å². The molecule has 0 radical (unpaired) electrons. The highest BCUT2D eigenvalue weighted by Gasteiger charge is 2.53. The van der Waals surface area contributed by atoms with Gasteiger partial charge in [0.25, 0.3) is 0 Å². The van der Waals surface area contributed by atoms with Crippen LogP contribution in [0.25, 0.3) is 0 Å². The Morgan fingerprint density at radius 2 is 1.46 bits per heavy atom. The van der Waals surface area contributed by atoms with E-state index in [4.69, 9.17) is 0 Å².